The number of carbonyl (C=O) groups is 2. The molecular weight excluding hydrogens is 520 g/mol. The van der Waals surface area contributed by atoms with Crippen molar-refractivity contribution in [3.63, 3.8) is 0 Å². The molecule has 226 valence electrons. The number of hydrogen-bond acceptors (Lipinski definition) is 7. The lowest BCUT2D eigenvalue weighted by atomic mass is 9.46. The van der Waals surface area contributed by atoms with E-state index in [-0.39, 0.29) is 47.4 Å². The number of carbonyl (C=O) groups excluding carboxylic acids is 2. The number of hydrogen-bond donors (Lipinski definition) is 4. The van der Waals surface area contributed by atoms with Crippen molar-refractivity contribution in [2.75, 3.05) is 0 Å². The van der Waals surface area contributed by atoms with E-state index in [2.05, 4.69) is 6.92 Å². The van der Waals surface area contributed by atoms with Crippen molar-refractivity contribution < 1.29 is 34.8 Å². The molecule has 2 unspecified atom stereocenters. The number of esters is 1. The molecular formula is C34H48O7. The number of aliphatic hydroxyl groups is 4. The van der Waals surface area contributed by atoms with Gasteiger partial charge in [-0.2, -0.15) is 0 Å². The molecule has 7 nitrogen and oxygen atoms in total. The van der Waals surface area contributed by atoms with Gasteiger partial charge in [0.1, 0.15) is 6.10 Å². The summed E-state index contributed by atoms with van der Waals surface area (Å²) in [7, 11) is 0. The third kappa shape index (κ3) is 5.01. The SMILES string of the molecule is CC(C)(O)CC[C@@H](O)[C@@](C)(O)[C@H]1CC[C@@]2(O)C3=CC(=O)C4C[C@@H](OC(=O)c5ccccc5)CC[C@]4(C)C3CC[C@]12C. The zero-order chi connectivity index (χ0) is 30.0. The Morgan fingerprint density at radius 1 is 1.02 bits per heavy atom. The lowest BCUT2D eigenvalue weighted by Crippen LogP contribution is -2.62. The van der Waals surface area contributed by atoms with Crippen LogP contribution in [0.1, 0.15) is 103 Å². The van der Waals surface area contributed by atoms with Gasteiger partial charge in [0.25, 0.3) is 0 Å². The van der Waals surface area contributed by atoms with Crippen molar-refractivity contribution in [2.45, 2.75) is 121 Å². The molecule has 4 N–H and O–H groups in total. The van der Waals surface area contributed by atoms with Crippen LogP contribution in [-0.2, 0) is 9.53 Å². The third-order valence-electron chi connectivity index (χ3n) is 11.7. The van der Waals surface area contributed by atoms with Crippen molar-refractivity contribution in [1.82, 2.24) is 0 Å². The molecule has 1 aromatic carbocycles. The van der Waals surface area contributed by atoms with Gasteiger partial charge < -0.3 is 25.2 Å². The fourth-order valence-electron chi connectivity index (χ4n) is 9.15. The highest BCUT2D eigenvalue weighted by Crippen LogP contribution is 2.68. The lowest BCUT2D eigenvalue weighted by Gasteiger charge is -2.60. The van der Waals surface area contributed by atoms with Gasteiger partial charge in [-0.15, -0.1) is 0 Å². The van der Waals surface area contributed by atoms with E-state index in [1.54, 1.807) is 51.1 Å². The fraction of sp³-hybridized carbons (Fsp3) is 0.706. The molecule has 0 radical (unpaired) electrons. The predicted molar refractivity (Wildman–Crippen MR) is 155 cm³/mol. The first-order valence-corrected chi connectivity index (χ1v) is 15.4. The molecule has 0 saturated heterocycles. The Balaban J connectivity index is 1.37. The average molecular weight is 569 g/mol. The summed E-state index contributed by atoms with van der Waals surface area (Å²) >= 11 is 0. The molecule has 0 aliphatic heterocycles. The molecule has 4 aliphatic rings. The molecule has 1 aromatic rings. The van der Waals surface area contributed by atoms with Gasteiger partial charge in [-0.05, 0) is 120 Å². The quantitative estimate of drug-likeness (QED) is 0.350. The second kappa shape index (κ2) is 10.3. The number of ether oxygens (including phenoxy) is 1. The number of benzene rings is 1. The highest BCUT2D eigenvalue weighted by molar-refractivity contribution is 5.95. The summed E-state index contributed by atoms with van der Waals surface area (Å²) in [6.45, 7) is 9.21. The van der Waals surface area contributed by atoms with E-state index in [0.29, 0.717) is 44.1 Å². The Kier molecular flexibility index (Phi) is 7.63. The average Bonchev–Trinajstić information content (AvgIpc) is 3.20. The molecule has 0 heterocycles. The normalized spacial score (nSPS) is 39.0. The molecule has 0 aromatic heterocycles. The van der Waals surface area contributed by atoms with E-state index in [0.717, 1.165) is 18.4 Å². The fourth-order valence-corrected chi connectivity index (χ4v) is 9.15. The molecule has 0 bridgehead atoms. The van der Waals surface area contributed by atoms with Gasteiger partial charge in [0, 0.05) is 11.3 Å². The third-order valence-corrected chi connectivity index (χ3v) is 11.7. The number of ketones is 1. The monoisotopic (exact) mass is 568 g/mol. The Labute approximate surface area is 244 Å². The van der Waals surface area contributed by atoms with E-state index >= 15 is 0 Å². The summed E-state index contributed by atoms with van der Waals surface area (Å²) in [5.41, 5.74) is -3.42. The smallest absolute Gasteiger partial charge is 0.338 e. The number of rotatable bonds is 7. The largest absolute Gasteiger partial charge is 0.459 e. The van der Waals surface area contributed by atoms with Crippen LogP contribution >= 0.6 is 0 Å². The van der Waals surface area contributed by atoms with Crippen LogP contribution in [0.25, 0.3) is 0 Å². The topological polar surface area (TPSA) is 124 Å². The molecule has 5 rings (SSSR count). The van der Waals surface area contributed by atoms with Crippen LogP contribution in [0.3, 0.4) is 0 Å². The first-order chi connectivity index (χ1) is 19.0. The molecule has 4 aliphatic carbocycles. The van der Waals surface area contributed by atoms with Crippen molar-refractivity contribution in [3.8, 4) is 0 Å². The molecule has 3 saturated carbocycles. The van der Waals surface area contributed by atoms with E-state index in [4.69, 9.17) is 4.74 Å². The standard InChI is InChI=1S/C34H48O7/c1-30(2,38)15-14-28(36)33(5,39)27-13-18-34(40)24-20-26(35)25-19-22(41-29(37)21-9-7-6-8-10-21)11-16-31(25,3)23(24)12-17-32(27,34)4/h6-10,20,22-23,25,27-28,36,38-40H,11-19H2,1-5H3/t22-,23?,25?,27-,28+,31+,32+,33-,34+/m0/s1. The summed E-state index contributed by atoms with van der Waals surface area (Å²) in [6.07, 6.45) is 5.20. The zero-order valence-corrected chi connectivity index (χ0v) is 25.2. The Bertz CT molecular complexity index is 1200. The molecule has 0 amide bonds. The van der Waals surface area contributed by atoms with Gasteiger partial charge in [-0.25, -0.2) is 4.79 Å². The van der Waals surface area contributed by atoms with E-state index < -0.39 is 28.3 Å². The summed E-state index contributed by atoms with van der Waals surface area (Å²) < 4.78 is 5.85. The van der Waals surface area contributed by atoms with E-state index in [9.17, 15) is 30.0 Å². The zero-order valence-electron chi connectivity index (χ0n) is 25.2. The van der Waals surface area contributed by atoms with Crippen LogP contribution in [0.4, 0.5) is 0 Å². The van der Waals surface area contributed by atoms with E-state index in [1.807, 2.05) is 13.0 Å². The Hall–Kier alpha value is -2.06. The molecule has 41 heavy (non-hydrogen) atoms. The number of aliphatic hydroxyl groups excluding tert-OH is 1. The summed E-state index contributed by atoms with van der Waals surface area (Å²) in [4.78, 5) is 26.5. The van der Waals surface area contributed by atoms with Crippen molar-refractivity contribution in [2.24, 2.45) is 28.6 Å². The van der Waals surface area contributed by atoms with Crippen LogP contribution in [0.2, 0.25) is 0 Å². The highest BCUT2D eigenvalue weighted by atomic mass is 16.5. The maximum Gasteiger partial charge on any atom is 0.338 e. The lowest BCUT2D eigenvalue weighted by molar-refractivity contribution is -0.173. The second-order valence-electron chi connectivity index (χ2n) is 14.8. The summed E-state index contributed by atoms with van der Waals surface area (Å²) in [5.74, 6) is -1.01. The first kappa shape index (κ1) is 30.4. The Morgan fingerprint density at radius 2 is 1.71 bits per heavy atom. The highest BCUT2D eigenvalue weighted by Gasteiger charge is 2.68. The summed E-state index contributed by atoms with van der Waals surface area (Å²) in [5, 5.41) is 45.4. The molecule has 7 heteroatoms. The maximum absolute atomic E-state index is 13.7. The van der Waals surface area contributed by atoms with Crippen molar-refractivity contribution >= 4 is 11.8 Å². The first-order valence-electron chi connectivity index (χ1n) is 15.4. The molecule has 9 atom stereocenters. The van der Waals surface area contributed by atoms with Crippen LogP contribution in [-0.4, -0.2) is 61.2 Å². The van der Waals surface area contributed by atoms with Gasteiger partial charge in [-0.3, -0.25) is 4.79 Å². The number of allylic oxidation sites excluding steroid dienone is 1. The van der Waals surface area contributed by atoms with Gasteiger partial charge in [-0.1, -0.05) is 32.0 Å². The minimum Gasteiger partial charge on any atom is -0.459 e. The predicted octanol–water partition coefficient (Wildman–Crippen LogP) is 4.75. The van der Waals surface area contributed by atoms with Gasteiger partial charge in [0.05, 0.1) is 28.5 Å². The van der Waals surface area contributed by atoms with Crippen molar-refractivity contribution in [1.29, 1.82) is 0 Å². The molecule has 3 fully saturated rings. The van der Waals surface area contributed by atoms with Gasteiger partial charge in [0.15, 0.2) is 5.78 Å². The molecule has 0 spiro atoms. The maximum atomic E-state index is 13.7. The van der Waals surface area contributed by atoms with Crippen LogP contribution in [0.5, 0.6) is 0 Å². The van der Waals surface area contributed by atoms with Crippen LogP contribution in [0, 0.1) is 28.6 Å². The second-order valence-corrected chi connectivity index (χ2v) is 14.8. The van der Waals surface area contributed by atoms with Crippen LogP contribution in [0.15, 0.2) is 42.0 Å². The number of fused-ring (bicyclic) bond motifs is 5. The van der Waals surface area contributed by atoms with Crippen molar-refractivity contribution in [3.05, 3.63) is 47.5 Å². The summed E-state index contributed by atoms with van der Waals surface area (Å²) in [6, 6.07) is 8.92. The van der Waals surface area contributed by atoms with Gasteiger partial charge >= 0.3 is 5.97 Å². The minimum absolute atomic E-state index is 0.0164. The Morgan fingerprint density at radius 3 is 2.37 bits per heavy atom. The van der Waals surface area contributed by atoms with Crippen LogP contribution < -0.4 is 0 Å². The van der Waals surface area contributed by atoms with E-state index in [1.165, 1.54) is 0 Å². The minimum atomic E-state index is -1.45. The van der Waals surface area contributed by atoms with Gasteiger partial charge in [0.2, 0.25) is 0 Å².